The lowest BCUT2D eigenvalue weighted by Crippen LogP contribution is -2.62. The molecule has 3 atom stereocenters. The van der Waals surface area contributed by atoms with Crippen LogP contribution in [0, 0.1) is 17.8 Å². The standard InChI is InChI=1S/C18H34N2/c1-13(2)18-11-19-17(16-7-5-4-6-8-16)12-20(18)14(3)15-9-10-15/h13-19H,4-12H2,1-3H3. The van der Waals surface area contributed by atoms with Gasteiger partial charge in [0, 0.05) is 31.2 Å². The molecule has 0 aromatic heterocycles. The maximum Gasteiger partial charge on any atom is 0.0247 e. The summed E-state index contributed by atoms with van der Waals surface area (Å²) in [7, 11) is 0. The molecule has 0 radical (unpaired) electrons. The van der Waals surface area contributed by atoms with Gasteiger partial charge < -0.3 is 5.32 Å². The van der Waals surface area contributed by atoms with Crippen molar-refractivity contribution in [3.8, 4) is 0 Å². The summed E-state index contributed by atoms with van der Waals surface area (Å²) in [4.78, 5) is 2.89. The fraction of sp³-hybridized carbons (Fsp3) is 1.00. The molecular formula is C18H34N2. The van der Waals surface area contributed by atoms with Gasteiger partial charge in [0.1, 0.15) is 0 Å². The van der Waals surface area contributed by atoms with E-state index in [2.05, 4.69) is 31.0 Å². The molecule has 20 heavy (non-hydrogen) atoms. The van der Waals surface area contributed by atoms with Gasteiger partial charge in [-0.3, -0.25) is 4.90 Å². The van der Waals surface area contributed by atoms with E-state index < -0.39 is 0 Å². The van der Waals surface area contributed by atoms with E-state index in [1.807, 2.05) is 0 Å². The van der Waals surface area contributed by atoms with Crippen LogP contribution in [0.5, 0.6) is 0 Å². The van der Waals surface area contributed by atoms with Crippen molar-refractivity contribution >= 4 is 0 Å². The maximum atomic E-state index is 3.92. The quantitative estimate of drug-likeness (QED) is 0.844. The number of nitrogens with one attached hydrogen (secondary N) is 1. The average Bonchev–Trinajstić information content (AvgIpc) is 3.31. The lowest BCUT2D eigenvalue weighted by atomic mass is 9.81. The lowest BCUT2D eigenvalue weighted by Gasteiger charge is -2.48. The molecule has 1 aliphatic heterocycles. The highest BCUT2D eigenvalue weighted by Crippen LogP contribution is 2.38. The first-order valence-corrected chi connectivity index (χ1v) is 9.16. The Balaban J connectivity index is 1.65. The zero-order valence-electron chi connectivity index (χ0n) is 13.8. The van der Waals surface area contributed by atoms with Crippen LogP contribution in [-0.2, 0) is 0 Å². The van der Waals surface area contributed by atoms with E-state index in [9.17, 15) is 0 Å². The Morgan fingerprint density at radius 3 is 2.25 bits per heavy atom. The zero-order chi connectivity index (χ0) is 14.1. The molecule has 0 aromatic carbocycles. The van der Waals surface area contributed by atoms with Crippen LogP contribution in [0.2, 0.25) is 0 Å². The summed E-state index contributed by atoms with van der Waals surface area (Å²) in [5, 5.41) is 3.92. The third-order valence-corrected chi connectivity index (χ3v) is 6.24. The third kappa shape index (κ3) is 3.22. The largest absolute Gasteiger partial charge is 0.311 e. The van der Waals surface area contributed by atoms with Gasteiger partial charge in [-0.2, -0.15) is 0 Å². The van der Waals surface area contributed by atoms with Crippen LogP contribution < -0.4 is 5.32 Å². The van der Waals surface area contributed by atoms with Gasteiger partial charge in [0.25, 0.3) is 0 Å². The average molecular weight is 278 g/mol. The summed E-state index contributed by atoms with van der Waals surface area (Å²) >= 11 is 0. The number of hydrogen-bond acceptors (Lipinski definition) is 2. The first-order valence-electron chi connectivity index (χ1n) is 9.16. The zero-order valence-corrected chi connectivity index (χ0v) is 13.8. The summed E-state index contributed by atoms with van der Waals surface area (Å²) in [6, 6.07) is 2.34. The van der Waals surface area contributed by atoms with E-state index in [1.165, 1.54) is 58.0 Å². The number of piperazine rings is 1. The van der Waals surface area contributed by atoms with E-state index in [0.29, 0.717) is 0 Å². The van der Waals surface area contributed by atoms with Crippen LogP contribution in [-0.4, -0.2) is 36.1 Å². The Bertz CT molecular complexity index is 305. The maximum absolute atomic E-state index is 3.92. The Morgan fingerprint density at radius 1 is 0.950 bits per heavy atom. The van der Waals surface area contributed by atoms with E-state index in [4.69, 9.17) is 0 Å². The molecule has 2 saturated carbocycles. The second-order valence-corrected chi connectivity index (χ2v) is 8.00. The van der Waals surface area contributed by atoms with Gasteiger partial charge in [0.05, 0.1) is 0 Å². The molecular weight excluding hydrogens is 244 g/mol. The number of nitrogens with zero attached hydrogens (tertiary/aromatic N) is 1. The lowest BCUT2D eigenvalue weighted by molar-refractivity contribution is 0.0348. The fourth-order valence-electron chi connectivity index (χ4n) is 4.61. The van der Waals surface area contributed by atoms with Crippen LogP contribution in [0.15, 0.2) is 0 Å². The van der Waals surface area contributed by atoms with Crippen molar-refractivity contribution in [2.24, 2.45) is 17.8 Å². The van der Waals surface area contributed by atoms with Gasteiger partial charge in [0.15, 0.2) is 0 Å². The first-order chi connectivity index (χ1) is 9.66. The van der Waals surface area contributed by atoms with Crippen LogP contribution >= 0.6 is 0 Å². The Labute approximate surface area is 125 Å². The molecule has 0 aromatic rings. The molecule has 1 N–H and O–H groups in total. The summed E-state index contributed by atoms with van der Waals surface area (Å²) in [5.41, 5.74) is 0. The van der Waals surface area contributed by atoms with Crippen molar-refractivity contribution in [1.82, 2.24) is 10.2 Å². The first kappa shape index (κ1) is 14.8. The van der Waals surface area contributed by atoms with Crippen molar-refractivity contribution in [1.29, 1.82) is 0 Å². The Morgan fingerprint density at radius 2 is 1.65 bits per heavy atom. The second-order valence-electron chi connectivity index (χ2n) is 8.00. The van der Waals surface area contributed by atoms with E-state index in [1.54, 1.807) is 0 Å². The normalized spacial score (nSPS) is 35.4. The van der Waals surface area contributed by atoms with Crippen LogP contribution in [0.1, 0.15) is 65.7 Å². The Hall–Kier alpha value is -0.0800. The van der Waals surface area contributed by atoms with Crippen molar-refractivity contribution in [3.63, 3.8) is 0 Å². The molecule has 116 valence electrons. The highest BCUT2D eigenvalue weighted by molar-refractivity contribution is 4.96. The van der Waals surface area contributed by atoms with Crippen molar-refractivity contribution in [3.05, 3.63) is 0 Å². The van der Waals surface area contributed by atoms with Crippen LogP contribution in [0.25, 0.3) is 0 Å². The van der Waals surface area contributed by atoms with E-state index in [0.717, 1.165) is 35.9 Å². The van der Waals surface area contributed by atoms with Crippen molar-refractivity contribution < 1.29 is 0 Å². The minimum Gasteiger partial charge on any atom is -0.311 e. The molecule has 1 saturated heterocycles. The monoisotopic (exact) mass is 278 g/mol. The summed E-state index contributed by atoms with van der Waals surface area (Å²) in [6.07, 6.45) is 10.3. The molecule has 3 fully saturated rings. The Kier molecular flexibility index (Phi) is 4.72. The molecule has 0 bridgehead atoms. The van der Waals surface area contributed by atoms with Gasteiger partial charge in [-0.1, -0.05) is 33.1 Å². The predicted octanol–water partition coefficient (Wildman–Crippen LogP) is 3.66. The highest BCUT2D eigenvalue weighted by Gasteiger charge is 2.40. The van der Waals surface area contributed by atoms with E-state index >= 15 is 0 Å². The van der Waals surface area contributed by atoms with Gasteiger partial charge in [0.2, 0.25) is 0 Å². The molecule has 3 aliphatic rings. The minimum absolute atomic E-state index is 0.755. The molecule has 2 aliphatic carbocycles. The van der Waals surface area contributed by atoms with Crippen molar-refractivity contribution in [2.45, 2.75) is 83.8 Å². The topological polar surface area (TPSA) is 15.3 Å². The van der Waals surface area contributed by atoms with Gasteiger partial charge in [-0.15, -0.1) is 0 Å². The van der Waals surface area contributed by atoms with Gasteiger partial charge >= 0.3 is 0 Å². The molecule has 2 heteroatoms. The molecule has 3 unspecified atom stereocenters. The smallest absolute Gasteiger partial charge is 0.0247 e. The molecule has 0 amide bonds. The summed E-state index contributed by atoms with van der Waals surface area (Å²) < 4.78 is 0. The molecule has 3 rings (SSSR count). The fourth-order valence-corrected chi connectivity index (χ4v) is 4.61. The predicted molar refractivity (Wildman–Crippen MR) is 85.9 cm³/mol. The highest BCUT2D eigenvalue weighted by atomic mass is 15.3. The van der Waals surface area contributed by atoms with Gasteiger partial charge in [-0.25, -0.2) is 0 Å². The number of rotatable bonds is 4. The number of hydrogen-bond donors (Lipinski definition) is 1. The second kappa shape index (κ2) is 6.36. The van der Waals surface area contributed by atoms with Crippen molar-refractivity contribution in [2.75, 3.05) is 13.1 Å². The molecule has 2 nitrogen and oxygen atoms in total. The van der Waals surface area contributed by atoms with Crippen LogP contribution in [0.3, 0.4) is 0 Å². The third-order valence-electron chi connectivity index (χ3n) is 6.24. The van der Waals surface area contributed by atoms with E-state index in [-0.39, 0.29) is 0 Å². The molecule has 0 spiro atoms. The minimum atomic E-state index is 0.755. The van der Waals surface area contributed by atoms with Crippen LogP contribution in [0.4, 0.5) is 0 Å². The summed E-state index contributed by atoms with van der Waals surface area (Å²) in [5.74, 6) is 2.73. The molecule has 1 heterocycles. The summed E-state index contributed by atoms with van der Waals surface area (Å²) in [6.45, 7) is 9.83. The SMILES string of the molecule is CC(C)C1CNC(C2CCCCC2)CN1C(C)C1CC1. The van der Waals surface area contributed by atoms with Gasteiger partial charge in [-0.05, 0) is 50.4 Å².